The molecule has 3 aromatic heterocycles. The number of aromatic carboxylic acids is 1. The lowest BCUT2D eigenvalue weighted by molar-refractivity contribution is 0.0700. The van der Waals surface area contributed by atoms with Gasteiger partial charge in [0.15, 0.2) is 0 Å². The molecule has 184 valence electrons. The summed E-state index contributed by atoms with van der Waals surface area (Å²) in [4.78, 5) is 17.5. The summed E-state index contributed by atoms with van der Waals surface area (Å²) in [5.41, 5.74) is 6.56. The normalized spacial score (nSPS) is 12.5. The highest BCUT2D eigenvalue weighted by Crippen LogP contribution is 2.35. The minimum atomic E-state index is -0.973. The molecule has 0 saturated heterocycles. The Morgan fingerprint density at radius 3 is 2.62 bits per heavy atom. The largest absolute Gasteiger partial charge is 0.478 e. The van der Waals surface area contributed by atoms with Gasteiger partial charge in [-0.2, -0.15) is 0 Å². The quantitative estimate of drug-likeness (QED) is 0.297. The molecule has 3 aromatic carbocycles. The molecule has 6 heteroatoms. The second kappa shape index (κ2) is 8.91. The monoisotopic (exact) mass is 489 g/mol. The molecular formula is C31H27N3O3. The van der Waals surface area contributed by atoms with Crippen LogP contribution in [0.15, 0.2) is 85.2 Å². The van der Waals surface area contributed by atoms with Crippen molar-refractivity contribution in [1.29, 1.82) is 0 Å². The zero-order valence-corrected chi connectivity index (χ0v) is 20.7. The topological polar surface area (TPSA) is 79.8 Å². The number of aromatic nitrogens is 3. The first kappa shape index (κ1) is 23.0. The third-order valence-electron chi connectivity index (χ3n) is 7.04. The Bertz CT molecular complexity index is 1810. The maximum absolute atomic E-state index is 12.6. The van der Waals surface area contributed by atoms with Crippen LogP contribution in [0.3, 0.4) is 0 Å². The number of aliphatic hydroxyl groups excluding tert-OH is 1. The van der Waals surface area contributed by atoms with Gasteiger partial charge >= 0.3 is 5.97 Å². The second-order valence-corrected chi connectivity index (χ2v) is 9.65. The molecule has 1 atom stereocenters. The summed E-state index contributed by atoms with van der Waals surface area (Å²) in [7, 11) is 0. The minimum Gasteiger partial charge on any atom is -0.478 e. The summed E-state index contributed by atoms with van der Waals surface area (Å²) >= 11 is 0. The van der Waals surface area contributed by atoms with Gasteiger partial charge in [0.2, 0.25) is 0 Å². The van der Waals surface area contributed by atoms with Crippen molar-refractivity contribution in [3.05, 3.63) is 108 Å². The molecular weight excluding hydrogens is 462 g/mol. The van der Waals surface area contributed by atoms with Crippen LogP contribution in [0.4, 0.5) is 0 Å². The highest BCUT2D eigenvalue weighted by Gasteiger charge is 2.23. The van der Waals surface area contributed by atoms with Crippen LogP contribution in [0.1, 0.15) is 34.1 Å². The zero-order chi connectivity index (χ0) is 25.7. The Labute approximate surface area is 214 Å². The molecule has 0 amide bonds. The fourth-order valence-electron chi connectivity index (χ4n) is 5.51. The number of pyridine rings is 1. The van der Waals surface area contributed by atoms with Gasteiger partial charge in [-0.05, 0) is 53.9 Å². The van der Waals surface area contributed by atoms with Gasteiger partial charge in [0.25, 0.3) is 0 Å². The summed E-state index contributed by atoms with van der Waals surface area (Å²) in [6.07, 6.45) is 4.16. The van der Waals surface area contributed by atoms with Crippen LogP contribution in [0.5, 0.6) is 0 Å². The van der Waals surface area contributed by atoms with E-state index in [1.165, 1.54) is 0 Å². The molecule has 0 aliphatic carbocycles. The van der Waals surface area contributed by atoms with E-state index >= 15 is 0 Å². The van der Waals surface area contributed by atoms with E-state index in [-0.39, 0.29) is 5.56 Å². The molecule has 0 spiro atoms. The van der Waals surface area contributed by atoms with E-state index < -0.39 is 12.1 Å². The molecule has 6 nitrogen and oxygen atoms in total. The molecule has 0 radical (unpaired) electrons. The third kappa shape index (κ3) is 3.86. The lowest BCUT2D eigenvalue weighted by Crippen LogP contribution is -2.10. The number of carboxylic acid groups (broad SMARTS) is 1. The highest BCUT2D eigenvalue weighted by molar-refractivity contribution is 6.09. The van der Waals surface area contributed by atoms with Gasteiger partial charge in [-0.1, -0.05) is 54.6 Å². The molecule has 1 unspecified atom stereocenters. The number of fused-ring (bicyclic) bond motifs is 3. The predicted molar refractivity (Wildman–Crippen MR) is 146 cm³/mol. The first-order valence-electron chi connectivity index (χ1n) is 12.4. The van der Waals surface area contributed by atoms with Gasteiger partial charge < -0.3 is 19.2 Å². The standard InChI is InChI=1S/C31H27N3O3/c1-19-8-7-11-25-28(19)22(18-33(25)17-20(2)35)16-26-30(32-27-12-5-6-15-34(26)27)24-14-13-21-9-3-4-10-23(21)29(24)31(36)37/h3-15,18,20,35H,16-17H2,1-2H3,(H,36,37). The summed E-state index contributed by atoms with van der Waals surface area (Å²) in [5.74, 6) is -0.973. The SMILES string of the molecule is Cc1cccc2c1c(Cc1c(-c3ccc4ccccc4c3C(=O)O)nc3ccccn13)cn2CC(C)O. The number of imidazole rings is 1. The van der Waals surface area contributed by atoms with E-state index in [0.717, 1.165) is 38.8 Å². The predicted octanol–water partition coefficient (Wildman–Crippen LogP) is 6.09. The van der Waals surface area contributed by atoms with Crippen LogP contribution in [0, 0.1) is 6.92 Å². The molecule has 6 rings (SSSR count). The summed E-state index contributed by atoms with van der Waals surface area (Å²) < 4.78 is 4.15. The van der Waals surface area contributed by atoms with E-state index in [4.69, 9.17) is 4.98 Å². The fraction of sp³-hybridized carbons (Fsp3) is 0.161. The first-order chi connectivity index (χ1) is 17.9. The lowest BCUT2D eigenvalue weighted by Gasteiger charge is -2.11. The van der Waals surface area contributed by atoms with Gasteiger partial charge in [0.1, 0.15) is 5.65 Å². The summed E-state index contributed by atoms with van der Waals surface area (Å²) in [6, 6.07) is 23.4. The Balaban J connectivity index is 1.61. The average Bonchev–Trinajstić information content (AvgIpc) is 3.42. The van der Waals surface area contributed by atoms with Crippen molar-refractivity contribution in [2.24, 2.45) is 0 Å². The molecule has 2 N–H and O–H groups in total. The average molecular weight is 490 g/mol. The van der Waals surface area contributed by atoms with Crippen LogP contribution >= 0.6 is 0 Å². The van der Waals surface area contributed by atoms with E-state index in [9.17, 15) is 15.0 Å². The number of hydrogen-bond donors (Lipinski definition) is 2. The molecule has 0 aliphatic rings. The van der Waals surface area contributed by atoms with Crippen LogP contribution in [-0.4, -0.2) is 36.2 Å². The third-order valence-corrected chi connectivity index (χ3v) is 7.04. The van der Waals surface area contributed by atoms with Crippen molar-refractivity contribution >= 4 is 33.3 Å². The smallest absolute Gasteiger partial charge is 0.337 e. The number of benzene rings is 3. The molecule has 0 saturated carbocycles. The maximum Gasteiger partial charge on any atom is 0.337 e. The van der Waals surface area contributed by atoms with Crippen LogP contribution in [-0.2, 0) is 13.0 Å². The van der Waals surface area contributed by atoms with Gasteiger partial charge in [0.05, 0.1) is 23.1 Å². The zero-order valence-electron chi connectivity index (χ0n) is 20.7. The van der Waals surface area contributed by atoms with Crippen LogP contribution < -0.4 is 0 Å². The summed E-state index contributed by atoms with van der Waals surface area (Å²) in [5, 5.41) is 23.1. The molecule has 0 fully saturated rings. The van der Waals surface area contributed by atoms with Gasteiger partial charge in [-0.15, -0.1) is 0 Å². The number of hydrogen-bond acceptors (Lipinski definition) is 3. The van der Waals surface area contributed by atoms with Gasteiger partial charge in [-0.3, -0.25) is 0 Å². The van der Waals surface area contributed by atoms with Crippen molar-refractivity contribution in [2.75, 3.05) is 0 Å². The number of rotatable bonds is 6. The van der Waals surface area contributed by atoms with Gasteiger partial charge in [0, 0.05) is 41.8 Å². The number of aliphatic hydroxyl groups is 1. The molecule has 0 aliphatic heterocycles. The van der Waals surface area contributed by atoms with Crippen LogP contribution in [0.2, 0.25) is 0 Å². The number of nitrogens with zero attached hydrogens (tertiary/aromatic N) is 3. The second-order valence-electron chi connectivity index (χ2n) is 9.65. The minimum absolute atomic E-state index is 0.260. The van der Waals surface area contributed by atoms with E-state index in [1.807, 2.05) is 71.3 Å². The molecule has 37 heavy (non-hydrogen) atoms. The Kier molecular flexibility index (Phi) is 5.54. The molecule has 3 heterocycles. The van der Waals surface area contributed by atoms with Crippen LogP contribution in [0.25, 0.3) is 38.6 Å². The van der Waals surface area contributed by atoms with Crippen molar-refractivity contribution in [2.45, 2.75) is 32.9 Å². The number of aryl methyl sites for hydroxylation is 1. The van der Waals surface area contributed by atoms with Gasteiger partial charge in [-0.25, -0.2) is 9.78 Å². The summed E-state index contributed by atoms with van der Waals surface area (Å²) in [6.45, 7) is 4.38. The van der Waals surface area contributed by atoms with Crippen molar-refractivity contribution in [3.63, 3.8) is 0 Å². The van der Waals surface area contributed by atoms with E-state index in [0.29, 0.717) is 29.6 Å². The Hall–Kier alpha value is -4.42. The maximum atomic E-state index is 12.6. The number of carbonyl (C=O) groups is 1. The highest BCUT2D eigenvalue weighted by atomic mass is 16.4. The molecule has 0 bridgehead atoms. The first-order valence-corrected chi connectivity index (χ1v) is 12.4. The Morgan fingerprint density at radius 1 is 1.00 bits per heavy atom. The van der Waals surface area contributed by atoms with E-state index in [1.54, 1.807) is 6.92 Å². The molecule has 6 aromatic rings. The fourth-order valence-corrected chi connectivity index (χ4v) is 5.51. The van der Waals surface area contributed by atoms with Crippen molar-refractivity contribution in [3.8, 4) is 11.3 Å². The van der Waals surface area contributed by atoms with E-state index in [2.05, 4.69) is 29.8 Å². The van der Waals surface area contributed by atoms with Crippen molar-refractivity contribution < 1.29 is 15.0 Å². The lowest BCUT2D eigenvalue weighted by atomic mass is 9.94. The van der Waals surface area contributed by atoms with Crippen molar-refractivity contribution in [1.82, 2.24) is 14.0 Å². The number of carboxylic acids is 1. The Morgan fingerprint density at radius 2 is 1.81 bits per heavy atom.